The summed E-state index contributed by atoms with van der Waals surface area (Å²) in [7, 11) is 0. The molecule has 2 N–H and O–H groups in total. The molecule has 2 aliphatic rings. The van der Waals surface area contributed by atoms with Crippen LogP contribution in [0.4, 0.5) is 8.78 Å². The minimum absolute atomic E-state index is 0.133. The van der Waals surface area contributed by atoms with Crippen molar-refractivity contribution in [1.29, 1.82) is 0 Å². The topological polar surface area (TPSA) is 66.8 Å². The van der Waals surface area contributed by atoms with Crippen LogP contribution in [0.25, 0.3) is 0 Å². The van der Waals surface area contributed by atoms with Crippen LogP contribution in [-0.4, -0.2) is 40.4 Å². The summed E-state index contributed by atoms with van der Waals surface area (Å²) >= 11 is 0. The predicted molar refractivity (Wildman–Crippen MR) is 99.8 cm³/mol. The molecule has 0 radical (unpaired) electrons. The fraction of sp³-hybridized carbons (Fsp3) is 0.857. The zero-order chi connectivity index (χ0) is 20.0. The van der Waals surface area contributed by atoms with Crippen LogP contribution in [-0.2, 0) is 9.53 Å². The Morgan fingerprint density at radius 3 is 2.70 bits per heavy atom. The van der Waals surface area contributed by atoms with Gasteiger partial charge in [0.15, 0.2) is 0 Å². The maximum atomic E-state index is 14.0. The van der Waals surface area contributed by atoms with E-state index in [2.05, 4.69) is 6.92 Å². The van der Waals surface area contributed by atoms with Crippen LogP contribution in [0.15, 0.2) is 12.2 Å². The molecule has 6 atom stereocenters. The zero-order valence-electron chi connectivity index (χ0n) is 16.4. The van der Waals surface area contributed by atoms with Gasteiger partial charge in [-0.15, -0.1) is 0 Å². The van der Waals surface area contributed by atoms with Crippen molar-refractivity contribution in [1.82, 2.24) is 0 Å². The largest absolute Gasteiger partial charge is 0.481 e. The molecule has 0 spiro atoms. The molecule has 1 saturated heterocycles. The fourth-order valence-electron chi connectivity index (χ4n) is 4.54. The van der Waals surface area contributed by atoms with Gasteiger partial charge < -0.3 is 14.9 Å². The molecular formula is C21H34F2O4. The number of ether oxygens (including phenoxy) is 1. The normalized spacial score (nSPS) is 32.1. The summed E-state index contributed by atoms with van der Waals surface area (Å²) < 4.78 is 34.1. The summed E-state index contributed by atoms with van der Waals surface area (Å²) in [5.74, 6) is -3.05. The molecule has 1 saturated carbocycles. The maximum absolute atomic E-state index is 14.0. The number of fused-ring (bicyclic) bond motifs is 1. The Balaban J connectivity index is 1.86. The number of halogens is 2. The maximum Gasteiger partial charge on any atom is 0.303 e. The highest BCUT2D eigenvalue weighted by Gasteiger charge is 2.47. The molecule has 1 aliphatic heterocycles. The van der Waals surface area contributed by atoms with Crippen LogP contribution in [0.5, 0.6) is 0 Å². The summed E-state index contributed by atoms with van der Waals surface area (Å²) in [5, 5.41) is 18.6. The van der Waals surface area contributed by atoms with Gasteiger partial charge in [0.2, 0.25) is 0 Å². The number of allylic oxidation sites excluding steroid dienone is 1. The first-order valence-corrected chi connectivity index (χ1v) is 10.4. The molecule has 4 nitrogen and oxygen atoms in total. The molecule has 0 aromatic rings. The third-order valence-electron chi connectivity index (χ3n) is 6.11. The van der Waals surface area contributed by atoms with Gasteiger partial charge in [-0.3, -0.25) is 4.79 Å². The number of alkyl halides is 2. The molecule has 0 unspecified atom stereocenters. The Labute approximate surface area is 161 Å². The van der Waals surface area contributed by atoms with Crippen molar-refractivity contribution in [2.75, 3.05) is 0 Å². The van der Waals surface area contributed by atoms with Crippen molar-refractivity contribution in [2.24, 2.45) is 17.8 Å². The number of rotatable bonds is 11. The Bertz CT molecular complexity index is 508. The van der Waals surface area contributed by atoms with E-state index in [-0.39, 0.29) is 31.0 Å². The van der Waals surface area contributed by atoms with Gasteiger partial charge in [0.05, 0.1) is 12.2 Å². The van der Waals surface area contributed by atoms with Crippen molar-refractivity contribution >= 4 is 5.97 Å². The number of carboxylic acid groups (broad SMARTS) is 1. The number of hydrogen-bond acceptors (Lipinski definition) is 3. The van der Waals surface area contributed by atoms with E-state index >= 15 is 0 Å². The Kier molecular flexibility index (Phi) is 8.22. The van der Waals surface area contributed by atoms with Crippen LogP contribution in [0, 0.1) is 17.8 Å². The van der Waals surface area contributed by atoms with Crippen molar-refractivity contribution in [2.45, 2.75) is 95.9 Å². The smallest absolute Gasteiger partial charge is 0.303 e. The van der Waals surface area contributed by atoms with Crippen LogP contribution >= 0.6 is 0 Å². The van der Waals surface area contributed by atoms with E-state index in [1.165, 1.54) is 6.08 Å². The predicted octanol–water partition coefficient (Wildman–Crippen LogP) is 4.80. The first-order chi connectivity index (χ1) is 12.7. The van der Waals surface area contributed by atoms with E-state index in [0.29, 0.717) is 31.1 Å². The van der Waals surface area contributed by atoms with E-state index in [1.807, 2.05) is 6.92 Å². The highest BCUT2D eigenvalue weighted by molar-refractivity contribution is 5.66. The monoisotopic (exact) mass is 388 g/mol. The number of aliphatic hydroxyl groups excluding tert-OH is 1. The number of carbonyl (C=O) groups is 1. The van der Waals surface area contributed by atoms with Crippen molar-refractivity contribution in [3.8, 4) is 0 Å². The lowest BCUT2D eigenvalue weighted by Gasteiger charge is -2.22. The highest BCUT2D eigenvalue weighted by Crippen LogP contribution is 2.48. The number of unbranched alkanes of at least 4 members (excludes halogenated alkanes) is 2. The van der Waals surface area contributed by atoms with Gasteiger partial charge in [0.1, 0.15) is 6.10 Å². The first-order valence-electron chi connectivity index (χ1n) is 10.4. The quantitative estimate of drug-likeness (QED) is 0.394. The molecule has 0 amide bonds. The van der Waals surface area contributed by atoms with E-state index in [9.17, 15) is 18.7 Å². The van der Waals surface area contributed by atoms with Crippen LogP contribution in [0.1, 0.15) is 71.6 Å². The van der Waals surface area contributed by atoms with Gasteiger partial charge >= 0.3 is 5.97 Å². The standard InChI is InChI=1S/C21H34F2O4/c1-3-4-11-21(22,23)19(24)10-9-16-14(2)12-18-17(16)13-15(27-18)7-5-6-8-20(25)26/h9-10,14-19,24H,3-8,11-13H2,1-2H3,(H,25,26)/b10-9+/t14-,15+,16-,17-,18+,19-/m1/s1. The third kappa shape index (κ3) is 6.24. The minimum Gasteiger partial charge on any atom is -0.481 e. The molecule has 0 aromatic carbocycles. The molecule has 0 aromatic heterocycles. The Hall–Kier alpha value is -1.01. The van der Waals surface area contributed by atoms with Crippen molar-refractivity contribution in [3.63, 3.8) is 0 Å². The Morgan fingerprint density at radius 1 is 1.30 bits per heavy atom. The second kappa shape index (κ2) is 9.97. The average Bonchev–Trinajstić information content (AvgIpc) is 3.11. The summed E-state index contributed by atoms with van der Waals surface area (Å²) in [6, 6.07) is 0. The van der Waals surface area contributed by atoms with Gasteiger partial charge in [-0.2, -0.15) is 0 Å². The number of carboxylic acids is 1. The van der Waals surface area contributed by atoms with Crippen LogP contribution in [0.3, 0.4) is 0 Å². The molecule has 2 rings (SSSR count). The minimum atomic E-state index is -3.08. The molecule has 156 valence electrons. The van der Waals surface area contributed by atoms with E-state index < -0.39 is 18.0 Å². The molecule has 2 fully saturated rings. The molecule has 1 aliphatic carbocycles. The summed E-state index contributed by atoms with van der Waals surface area (Å²) in [4.78, 5) is 10.6. The lowest BCUT2D eigenvalue weighted by Crippen LogP contribution is -2.32. The molecule has 0 bridgehead atoms. The average molecular weight is 388 g/mol. The van der Waals surface area contributed by atoms with Crippen molar-refractivity contribution < 1.29 is 28.5 Å². The van der Waals surface area contributed by atoms with Crippen molar-refractivity contribution in [3.05, 3.63) is 12.2 Å². The first kappa shape index (κ1) is 22.3. The van der Waals surface area contributed by atoms with Crippen LogP contribution in [0.2, 0.25) is 0 Å². The number of hydrogen-bond donors (Lipinski definition) is 2. The molecule has 6 heteroatoms. The molecular weight excluding hydrogens is 354 g/mol. The lowest BCUT2D eigenvalue weighted by atomic mass is 9.86. The fourth-order valence-corrected chi connectivity index (χ4v) is 4.54. The SMILES string of the molecule is CCCCC(F)(F)[C@H](O)/C=C/[C@H]1[C@H]2C[C@H](CCCCC(=O)O)O[C@H]2C[C@H]1C. The van der Waals surface area contributed by atoms with E-state index in [0.717, 1.165) is 25.7 Å². The second-order valence-corrected chi connectivity index (χ2v) is 8.32. The van der Waals surface area contributed by atoms with Gasteiger partial charge in [-0.05, 0) is 49.9 Å². The van der Waals surface area contributed by atoms with E-state index in [1.54, 1.807) is 6.08 Å². The third-order valence-corrected chi connectivity index (χ3v) is 6.11. The zero-order valence-corrected chi connectivity index (χ0v) is 16.4. The summed E-state index contributed by atoms with van der Waals surface area (Å²) in [6.07, 6.45) is 6.74. The second-order valence-electron chi connectivity index (χ2n) is 8.32. The number of aliphatic hydroxyl groups is 1. The number of aliphatic carboxylic acids is 1. The van der Waals surface area contributed by atoms with E-state index in [4.69, 9.17) is 9.84 Å². The summed E-state index contributed by atoms with van der Waals surface area (Å²) in [6.45, 7) is 3.97. The Morgan fingerprint density at radius 2 is 2.04 bits per heavy atom. The molecule has 1 heterocycles. The van der Waals surface area contributed by atoms with Gasteiger partial charge in [0, 0.05) is 12.8 Å². The molecule has 27 heavy (non-hydrogen) atoms. The lowest BCUT2D eigenvalue weighted by molar-refractivity contribution is -0.137. The van der Waals surface area contributed by atoms with Gasteiger partial charge in [0.25, 0.3) is 5.92 Å². The summed E-state index contributed by atoms with van der Waals surface area (Å²) in [5.41, 5.74) is 0. The highest BCUT2D eigenvalue weighted by atomic mass is 19.3. The van der Waals surface area contributed by atoms with Crippen LogP contribution < -0.4 is 0 Å². The van der Waals surface area contributed by atoms with Gasteiger partial charge in [-0.25, -0.2) is 8.78 Å². The van der Waals surface area contributed by atoms with Gasteiger partial charge in [-0.1, -0.05) is 38.8 Å².